The third-order valence-corrected chi connectivity index (χ3v) is 4.50. The Kier molecular flexibility index (Phi) is 4.50. The molecule has 2 N–H and O–H groups in total. The van der Waals surface area contributed by atoms with Crippen LogP contribution in [0.4, 0.5) is 11.5 Å². The minimum atomic E-state index is -0.417. The van der Waals surface area contributed by atoms with Gasteiger partial charge in [0.25, 0.3) is 5.69 Å². The summed E-state index contributed by atoms with van der Waals surface area (Å²) < 4.78 is 0. The molecule has 0 saturated heterocycles. The first kappa shape index (κ1) is 15.4. The number of anilines is 1. The Morgan fingerprint density at radius 1 is 1.30 bits per heavy atom. The van der Waals surface area contributed by atoms with E-state index in [0.717, 1.165) is 10.3 Å². The van der Waals surface area contributed by atoms with Gasteiger partial charge in [-0.2, -0.15) is 0 Å². The molecule has 2 heterocycles. The summed E-state index contributed by atoms with van der Waals surface area (Å²) in [6.45, 7) is 0.0787. The van der Waals surface area contributed by atoms with Crippen molar-refractivity contribution in [2.75, 3.05) is 11.9 Å². The number of rotatable bonds is 6. The summed E-state index contributed by atoms with van der Waals surface area (Å²) in [5.74, 6) is 0.679. The van der Waals surface area contributed by atoms with Gasteiger partial charge in [0.2, 0.25) is 0 Å². The molecule has 3 rings (SSSR count). The molecule has 0 amide bonds. The molecule has 0 aliphatic rings. The molecule has 0 spiro atoms. The second kappa shape index (κ2) is 6.72. The monoisotopic (exact) mass is 329 g/mol. The number of benzene rings is 1. The maximum atomic E-state index is 10.8. The molecule has 3 aromatic rings. The minimum Gasteiger partial charge on any atom is -0.396 e. The van der Waals surface area contributed by atoms with Crippen molar-refractivity contribution in [3.8, 4) is 0 Å². The van der Waals surface area contributed by atoms with E-state index in [-0.39, 0.29) is 18.3 Å². The van der Waals surface area contributed by atoms with Gasteiger partial charge in [0.15, 0.2) is 0 Å². The summed E-state index contributed by atoms with van der Waals surface area (Å²) in [5, 5.41) is 26.1. The molecule has 1 unspecified atom stereocenters. The highest BCUT2D eigenvalue weighted by atomic mass is 32.1. The maximum Gasteiger partial charge on any atom is 0.270 e. The largest absolute Gasteiger partial charge is 0.396 e. The summed E-state index contributed by atoms with van der Waals surface area (Å²) in [4.78, 5) is 16.0. The average Bonchev–Trinajstić information content (AvgIpc) is 3.08. The predicted molar refractivity (Wildman–Crippen MR) is 90.8 cm³/mol. The van der Waals surface area contributed by atoms with Gasteiger partial charge in [-0.3, -0.25) is 10.1 Å². The smallest absolute Gasteiger partial charge is 0.270 e. The molecule has 0 aliphatic carbocycles. The molecule has 1 aromatic carbocycles. The second-order valence-electron chi connectivity index (χ2n) is 5.06. The molecule has 2 aromatic heterocycles. The van der Waals surface area contributed by atoms with Crippen molar-refractivity contribution < 1.29 is 10.0 Å². The first-order chi connectivity index (χ1) is 11.2. The van der Waals surface area contributed by atoms with Crippen LogP contribution in [-0.2, 0) is 0 Å². The number of hydrogen-bond donors (Lipinski definition) is 2. The molecule has 0 saturated carbocycles. The van der Waals surface area contributed by atoms with E-state index in [1.54, 1.807) is 23.5 Å². The third-order valence-electron chi connectivity index (χ3n) is 3.51. The standard InChI is InChI=1S/C16H15N3O3S/c20-8-7-14(15-2-1-9-23-15)18-16-6-3-11-10-12(19(21)22)4-5-13(11)17-16/h1-6,9-10,14,20H,7-8H2,(H,17,18). The van der Waals surface area contributed by atoms with Crippen LogP contribution in [0, 0.1) is 10.1 Å². The number of thiophene rings is 1. The van der Waals surface area contributed by atoms with Crippen LogP contribution in [0.15, 0.2) is 47.8 Å². The van der Waals surface area contributed by atoms with E-state index in [1.807, 2.05) is 23.6 Å². The van der Waals surface area contributed by atoms with E-state index in [4.69, 9.17) is 0 Å². The molecule has 23 heavy (non-hydrogen) atoms. The highest BCUT2D eigenvalue weighted by Crippen LogP contribution is 2.27. The van der Waals surface area contributed by atoms with E-state index in [2.05, 4.69) is 10.3 Å². The summed E-state index contributed by atoms with van der Waals surface area (Å²) in [5.41, 5.74) is 0.742. The molecule has 1 atom stereocenters. The van der Waals surface area contributed by atoms with E-state index in [9.17, 15) is 15.2 Å². The number of aliphatic hydroxyl groups excluding tert-OH is 1. The van der Waals surface area contributed by atoms with Crippen LogP contribution >= 0.6 is 11.3 Å². The molecule has 6 nitrogen and oxygen atoms in total. The maximum absolute atomic E-state index is 10.8. The van der Waals surface area contributed by atoms with Gasteiger partial charge in [0, 0.05) is 29.0 Å². The van der Waals surface area contributed by atoms with Crippen LogP contribution in [0.25, 0.3) is 10.9 Å². The molecule has 0 aliphatic heterocycles. The molecule has 0 bridgehead atoms. The summed E-state index contributed by atoms with van der Waals surface area (Å²) >= 11 is 1.62. The van der Waals surface area contributed by atoms with E-state index >= 15 is 0 Å². The lowest BCUT2D eigenvalue weighted by Crippen LogP contribution is -2.12. The van der Waals surface area contributed by atoms with E-state index in [0.29, 0.717) is 17.8 Å². The van der Waals surface area contributed by atoms with E-state index < -0.39 is 4.92 Å². The lowest BCUT2D eigenvalue weighted by molar-refractivity contribution is -0.384. The quantitative estimate of drug-likeness (QED) is 0.531. The molecule has 0 fully saturated rings. The fourth-order valence-corrected chi connectivity index (χ4v) is 3.20. The van der Waals surface area contributed by atoms with Crippen molar-refractivity contribution in [3.05, 3.63) is 62.8 Å². The average molecular weight is 329 g/mol. The summed E-state index contributed by atoms with van der Waals surface area (Å²) in [7, 11) is 0. The molecule has 118 valence electrons. The van der Waals surface area contributed by atoms with Crippen LogP contribution in [0.5, 0.6) is 0 Å². The molecule has 0 radical (unpaired) electrons. The summed E-state index contributed by atoms with van der Waals surface area (Å²) in [6, 6.07) is 12.2. The van der Waals surface area contributed by atoms with Gasteiger partial charge < -0.3 is 10.4 Å². The van der Waals surface area contributed by atoms with Crippen molar-refractivity contribution in [2.45, 2.75) is 12.5 Å². The Balaban J connectivity index is 1.87. The Morgan fingerprint density at radius 3 is 2.87 bits per heavy atom. The molecule has 7 heteroatoms. The molecular weight excluding hydrogens is 314 g/mol. The zero-order valence-electron chi connectivity index (χ0n) is 12.2. The van der Waals surface area contributed by atoms with Gasteiger partial charge in [0.05, 0.1) is 16.5 Å². The Bertz CT molecular complexity index is 821. The van der Waals surface area contributed by atoms with Crippen LogP contribution in [0.3, 0.4) is 0 Å². The van der Waals surface area contributed by atoms with Crippen molar-refractivity contribution in [1.29, 1.82) is 0 Å². The Labute approximate surface area is 136 Å². The second-order valence-corrected chi connectivity index (χ2v) is 6.03. The van der Waals surface area contributed by atoms with Gasteiger partial charge in [-0.1, -0.05) is 6.07 Å². The van der Waals surface area contributed by atoms with Gasteiger partial charge >= 0.3 is 0 Å². The van der Waals surface area contributed by atoms with E-state index in [1.165, 1.54) is 12.1 Å². The molecular formula is C16H15N3O3S. The summed E-state index contributed by atoms with van der Waals surface area (Å²) in [6.07, 6.45) is 0.584. The number of nitro groups is 1. The number of nitrogens with zero attached hydrogens (tertiary/aromatic N) is 2. The van der Waals surface area contributed by atoms with Gasteiger partial charge in [0.1, 0.15) is 5.82 Å². The van der Waals surface area contributed by atoms with Gasteiger partial charge in [-0.25, -0.2) is 4.98 Å². The van der Waals surface area contributed by atoms with Crippen molar-refractivity contribution >= 4 is 33.7 Å². The third kappa shape index (κ3) is 3.46. The topological polar surface area (TPSA) is 88.3 Å². The Morgan fingerprint density at radius 2 is 2.17 bits per heavy atom. The van der Waals surface area contributed by atoms with Crippen LogP contribution in [-0.4, -0.2) is 21.6 Å². The lowest BCUT2D eigenvalue weighted by Gasteiger charge is -2.17. The van der Waals surface area contributed by atoms with Crippen LogP contribution in [0.1, 0.15) is 17.3 Å². The zero-order chi connectivity index (χ0) is 16.2. The highest BCUT2D eigenvalue weighted by Gasteiger charge is 2.13. The SMILES string of the molecule is O=[N+]([O-])c1ccc2nc(NC(CCO)c3cccs3)ccc2c1. The number of nitro benzene ring substituents is 1. The minimum absolute atomic E-state index is 0.0111. The first-order valence-corrected chi connectivity index (χ1v) is 8.01. The zero-order valence-corrected chi connectivity index (χ0v) is 13.0. The van der Waals surface area contributed by atoms with Crippen LogP contribution < -0.4 is 5.32 Å². The number of pyridine rings is 1. The fourth-order valence-electron chi connectivity index (χ4n) is 2.39. The van der Waals surface area contributed by atoms with Crippen molar-refractivity contribution in [3.63, 3.8) is 0 Å². The number of fused-ring (bicyclic) bond motifs is 1. The van der Waals surface area contributed by atoms with Crippen molar-refractivity contribution in [1.82, 2.24) is 4.98 Å². The highest BCUT2D eigenvalue weighted by molar-refractivity contribution is 7.10. The number of aliphatic hydroxyl groups is 1. The number of hydrogen-bond acceptors (Lipinski definition) is 6. The Hall–Kier alpha value is -2.51. The first-order valence-electron chi connectivity index (χ1n) is 7.13. The van der Waals surface area contributed by atoms with Gasteiger partial charge in [-0.15, -0.1) is 11.3 Å². The lowest BCUT2D eigenvalue weighted by atomic mass is 10.1. The fraction of sp³-hybridized carbons (Fsp3) is 0.188. The van der Waals surface area contributed by atoms with Crippen molar-refractivity contribution in [2.24, 2.45) is 0 Å². The number of nitrogens with one attached hydrogen (secondary N) is 1. The number of aromatic nitrogens is 1. The normalized spacial score (nSPS) is 12.2. The van der Waals surface area contributed by atoms with Gasteiger partial charge in [-0.05, 0) is 36.1 Å². The predicted octanol–water partition coefficient (Wildman–Crippen LogP) is 3.74. The number of non-ortho nitro benzene ring substituents is 1. The van der Waals surface area contributed by atoms with Crippen LogP contribution in [0.2, 0.25) is 0 Å².